The molecule has 0 spiro atoms. The highest BCUT2D eigenvalue weighted by Gasteiger charge is 2.20. The average molecular weight is 255 g/mol. The van der Waals surface area contributed by atoms with Crippen LogP contribution in [0.15, 0.2) is 24.7 Å². The summed E-state index contributed by atoms with van der Waals surface area (Å²) < 4.78 is 0. The maximum absolute atomic E-state index is 4.62. The molecule has 5 nitrogen and oxygen atoms in total. The topological polar surface area (TPSA) is 63.6 Å². The van der Waals surface area contributed by atoms with Gasteiger partial charge in [0, 0.05) is 24.3 Å². The highest BCUT2D eigenvalue weighted by molar-refractivity contribution is 5.43. The molecule has 0 saturated carbocycles. The van der Waals surface area contributed by atoms with Crippen molar-refractivity contribution in [2.24, 2.45) is 5.92 Å². The van der Waals surface area contributed by atoms with Crippen LogP contribution in [0, 0.1) is 5.92 Å². The average Bonchev–Trinajstić information content (AvgIpc) is 2.48. The highest BCUT2D eigenvalue weighted by atomic mass is 15.0. The highest BCUT2D eigenvalue weighted by Crippen LogP contribution is 2.24. The van der Waals surface area contributed by atoms with Gasteiger partial charge in [-0.3, -0.25) is 0 Å². The molecule has 0 aromatic carbocycles. The van der Waals surface area contributed by atoms with E-state index in [0.29, 0.717) is 17.6 Å². The SMILES string of the molecule is CNCC1CCc2nc(-c3ncccn3)ncc2C1. The van der Waals surface area contributed by atoms with Gasteiger partial charge in [-0.1, -0.05) is 0 Å². The van der Waals surface area contributed by atoms with E-state index < -0.39 is 0 Å². The van der Waals surface area contributed by atoms with Crippen molar-refractivity contribution >= 4 is 0 Å². The van der Waals surface area contributed by atoms with E-state index in [0.717, 1.165) is 25.1 Å². The number of nitrogens with zero attached hydrogens (tertiary/aromatic N) is 4. The van der Waals surface area contributed by atoms with Crippen LogP contribution in [0.25, 0.3) is 11.6 Å². The van der Waals surface area contributed by atoms with Crippen molar-refractivity contribution in [2.75, 3.05) is 13.6 Å². The Balaban J connectivity index is 1.86. The van der Waals surface area contributed by atoms with Crippen molar-refractivity contribution in [2.45, 2.75) is 19.3 Å². The predicted molar refractivity (Wildman–Crippen MR) is 72.5 cm³/mol. The second-order valence-corrected chi connectivity index (χ2v) is 4.90. The minimum atomic E-state index is 0.600. The van der Waals surface area contributed by atoms with Crippen molar-refractivity contribution in [3.05, 3.63) is 35.9 Å². The maximum atomic E-state index is 4.62. The Morgan fingerprint density at radius 2 is 2.05 bits per heavy atom. The molecule has 1 atom stereocenters. The number of aryl methyl sites for hydroxylation is 1. The first kappa shape index (κ1) is 12.2. The zero-order chi connectivity index (χ0) is 13.1. The van der Waals surface area contributed by atoms with Gasteiger partial charge in [-0.25, -0.2) is 19.9 Å². The van der Waals surface area contributed by atoms with Crippen LogP contribution in [0.1, 0.15) is 17.7 Å². The lowest BCUT2D eigenvalue weighted by atomic mass is 9.87. The molecule has 2 aromatic heterocycles. The molecule has 2 aromatic rings. The molecule has 0 fully saturated rings. The molecule has 1 N–H and O–H groups in total. The van der Waals surface area contributed by atoms with Gasteiger partial charge < -0.3 is 5.32 Å². The van der Waals surface area contributed by atoms with E-state index in [1.165, 1.54) is 12.0 Å². The first-order valence-corrected chi connectivity index (χ1v) is 6.63. The molecule has 2 heterocycles. The molecular formula is C14H17N5. The number of rotatable bonds is 3. The van der Waals surface area contributed by atoms with Gasteiger partial charge in [-0.2, -0.15) is 0 Å². The van der Waals surface area contributed by atoms with Crippen LogP contribution in [0.5, 0.6) is 0 Å². The van der Waals surface area contributed by atoms with Crippen molar-refractivity contribution in [1.29, 1.82) is 0 Å². The van der Waals surface area contributed by atoms with Crippen LogP contribution in [-0.4, -0.2) is 33.5 Å². The smallest absolute Gasteiger partial charge is 0.197 e. The molecule has 0 saturated heterocycles. The standard InChI is InChI=1S/C14H17N5/c1-15-8-10-3-4-12-11(7-10)9-18-14(19-12)13-16-5-2-6-17-13/h2,5-6,9-10,15H,3-4,7-8H2,1H3. The van der Waals surface area contributed by atoms with Crippen molar-refractivity contribution in [3.63, 3.8) is 0 Å². The van der Waals surface area contributed by atoms with Gasteiger partial charge in [0.15, 0.2) is 11.6 Å². The van der Waals surface area contributed by atoms with Crippen LogP contribution >= 0.6 is 0 Å². The van der Waals surface area contributed by atoms with Crippen LogP contribution in [0.3, 0.4) is 0 Å². The summed E-state index contributed by atoms with van der Waals surface area (Å²) in [6, 6.07) is 1.80. The number of hydrogen-bond acceptors (Lipinski definition) is 5. The Morgan fingerprint density at radius 3 is 2.84 bits per heavy atom. The second kappa shape index (κ2) is 5.40. The molecule has 19 heavy (non-hydrogen) atoms. The quantitative estimate of drug-likeness (QED) is 0.894. The van der Waals surface area contributed by atoms with E-state index in [1.807, 2.05) is 13.2 Å². The van der Waals surface area contributed by atoms with Gasteiger partial charge in [0.05, 0.1) is 0 Å². The van der Waals surface area contributed by atoms with Crippen molar-refractivity contribution < 1.29 is 0 Å². The third-order valence-electron chi connectivity index (χ3n) is 3.51. The van der Waals surface area contributed by atoms with E-state index >= 15 is 0 Å². The van der Waals surface area contributed by atoms with Crippen LogP contribution < -0.4 is 5.32 Å². The van der Waals surface area contributed by atoms with Gasteiger partial charge in [0.2, 0.25) is 0 Å². The van der Waals surface area contributed by atoms with Gasteiger partial charge in [0.25, 0.3) is 0 Å². The lowest BCUT2D eigenvalue weighted by Gasteiger charge is -2.23. The van der Waals surface area contributed by atoms with Gasteiger partial charge in [0.1, 0.15) is 0 Å². The molecular weight excluding hydrogens is 238 g/mol. The third kappa shape index (κ3) is 2.61. The van der Waals surface area contributed by atoms with E-state index in [1.54, 1.807) is 18.5 Å². The summed E-state index contributed by atoms with van der Waals surface area (Å²) in [5.41, 5.74) is 2.43. The molecule has 0 amide bonds. The number of aromatic nitrogens is 4. The normalized spacial score (nSPS) is 18.1. The monoisotopic (exact) mass is 255 g/mol. The van der Waals surface area contributed by atoms with E-state index in [9.17, 15) is 0 Å². The molecule has 0 aliphatic heterocycles. The Kier molecular flexibility index (Phi) is 3.46. The Bertz CT molecular complexity index is 555. The largest absolute Gasteiger partial charge is 0.319 e. The summed E-state index contributed by atoms with van der Waals surface area (Å²) in [6.07, 6.45) is 8.63. The number of hydrogen-bond donors (Lipinski definition) is 1. The van der Waals surface area contributed by atoms with E-state index in [-0.39, 0.29) is 0 Å². The Labute approximate surface area is 112 Å². The molecule has 0 bridgehead atoms. The van der Waals surface area contributed by atoms with Crippen molar-refractivity contribution in [3.8, 4) is 11.6 Å². The minimum absolute atomic E-state index is 0.600. The zero-order valence-corrected chi connectivity index (χ0v) is 11.0. The summed E-state index contributed by atoms with van der Waals surface area (Å²) in [6.45, 7) is 1.06. The molecule has 1 aliphatic carbocycles. The molecule has 1 unspecified atom stereocenters. The van der Waals surface area contributed by atoms with Gasteiger partial charge >= 0.3 is 0 Å². The number of nitrogens with one attached hydrogen (secondary N) is 1. The third-order valence-corrected chi connectivity index (χ3v) is 3.51. The lowest BCUT2D eigenvalue weighted by molar-refractivity contribution is 0.434. The summed E-state index contributed by atoms with van der Waals surface area (Å²) in [5, 5.41) is 3.24. The van der Waals surface area contributed by atoms with Gasteiger partial charge in [-0.05, 0) is 50.4 Å². The van der Waals surface area contributed by atoms with E-state index in [4.69, 9.17) is 0 Å². The Morgan fingerprint density at radius 1 is 1.21 bits per heavy atom. The van der Waals surface area contributed by atoms with E-state index in [2.05, 4.69) is 25.3 Å². The molecule has 3 rings (SSSR count). The molecule has 1 aliphatic rings. The summed E-state index contributed by atoms with van der Waals surface area (Å²) in [5.74, 6) is 1.92. The first-order chi connectivity index (χ1) is 9.36. The van der Waals surface area contributed by atoms with Crippen molar-refractivity contribution in [1.82, 2.24) is 25.3 Å². The first-order valence-electron chi connectivity index (χ1n) is 6.63. The lowest BCUT2D eigenvalue weighted by Crippen LogP contribution is -2.25. The Hall–Kier alpha value is -1.88. The molecule has 98 valence electrons. The number of fused-ring (bicyclic) bond motifs is 1. The fourth-order valence-corrected chi connectivity index (χ4v) is 2.57. The second-order valence-electron chi connectivity index (χ2n) is 4.90. The zero-order valence-electron chi connectivity index (χ0n) is 11.0. The fraction of sp³-hybridized carbons (Fsp3) is 0.429. The minimum Gasteiger partial charge on any atom is -0.319 e. The fourth-order valence-electron chi connectivity index (χ4n) is 2.57. The van der Waals surface area contributed by atoms with Crippen LogP contribution in [-0.2, 0) is 12.8 Å². The predicted octanol–water partition coefficient (Wildman–Crippen LogP) is 1.26. The van der Waals surface area contributed by atoms with Crippen LogP contribution in [0.4, 0.5) is 0 Å². The summed E-state index contributed by atoms with van der Waals surface area (Å²) >= 11 is 0. The van der Waals surface area contributed by atoms with Gasteiger partial charge in [-0.15, -0.1) is 0 Å². The maximum Gasteiger partial charge on any atom is 0.197 e. The summed E-state index contributed by atoms with van der Waals surface area (Å²) in [7, 11) is 2.00. The summed E-state index contributed by atoms with van der Waals surface area (Å²) in [4.78, 5) is 17.4. The molecule has 5 heteroatoms. The molecule has 0 radical (unpaired) electrons. The van der Waals surface area contributed by atoms with Crippen LogP contribution in [0.2, 0.25) is 0 Å².